The molecule has 0 bridgehead atoms. The van der Waals surface area contributed by atoms with Crippen LogP contribution in [0.25, 0.3) is 0 Å². The average Bonchev–Trinajstić information content (AvgIpc) is 3.47. The SMILES string of the molecule is O=C(C1=Ic2c(OCc3ccccc3)cccc2N1c1ccc(F)cc1)N1CCCC1. The quantitative estimate of drug-likeness (QED) is 0.413. The van der Waals surface area contributed by atoms with E-state index in [0.717, 1.165) is 55.8 Å². The van der Waals surface area contributed by atoms with Crippen molar-refractivity contribution in [2.24, 2.45) is 0 Å². The van der Waals surface area contributed by atoms with Crippen LogP contribution in [0.15, 0.2) is 72.8 Å². The molecule has 2 aliphatic heterocycles. The Bertz CT molecular complexity index is 1130. The van der Waals surface area contributed by atoms with E-state index in [4.69, 9.17) is 4.74 Å². The topological polar surface area (TPSA) is 32.8 Å². The van der Waals surface area contributed by atoms with Crippen LogP contribution in [0.4, 0.5) is 15.8 Å². The maximum absolute atomic E-state index is 13.6. The van der Waals surface area contributed by atoms with E-state index in [-0.39, 0.29) is 11.7 Å². The first-order valence-electron chi connectivity index (χ1n) is 10.4. The van der Waals surface area contributed by atoms with Gasteiger partial charge in [-0.3, -0.25) is 9.69 Å². The molecule has 2 heterocycles. The van der Waals surface area contributed by atoms with E-state index in [1.807, 2.05) is 58.3 Å². The molecule has 0 spiro atoms. The lowest BCUT2D eigenvalue weighted by Gasteiger charge is -2.25. The number of halogens is 2. The van der Waals surface area contributed by atoms with Crippen LogP contribution in [0, 0.1) is 9.39 Å². The Balaban J connectivity index is 1.53. The number of hydrogen-bond acceptors (Lipinski definition) is 3. The van der Waals surface area contributed by atoms with Gasteiger partial charge in [0.05, 0.1) is 9.26 Å². The minimum atomic E-state index is -0.747. The lowest BCUT2D eigenvalue weighted by Crippen LogP contribution is -2.40. The molecule has 0 aliphatic carbocycles. The molecule has 0 aromatic heterocycles. The summed E-state index contributed by atoms with van der Waals surface area (Å²) in [6.07, 6.45) is 2.10. The highest BCUT2D eigenvalue weighted by Gasteiger charge is 2.34. The largest absolute Gasteiger partial charge is 0.488 e. The lowest BCUT2D eigenvalue weighted by atomic mass is 10.2. The van der Waals surface area contributed by atoms with Crippen molar-refractivity contribution in [2.45, 2.75) is 19.4 Å². The molecule has 1 fully saturated rings. The summed E-state index contributed by atoms with van der Waals surface area (Å²) < 4.78 is 21.7. The summed E-state index contributed by atoms with van der Waals surface area (Å²) in [7, 11) is 0. The number of hydrogen-bond donors (Lipinski definition) is 0. The van der Waals surface area contributed by atoms with E-state index < -0.39 is 20.7 Å². The zero-order valence-corrected chi connectivity index (χ0v) is 19.1. The molecule has 3 aromatic carbocycles. The first-order chi connectivity index (χ1) is 15.2. The number of anilines is 2. The molecule has 1 amide bonds. The van der Waals surface area contributed by atoms with Crippen LogP contribution in [0.2, 0.25) is 0 Å². The molecule has 2 aliphatic rings. The van der Waals surface area contributed by atoms with Crippen molar-refractivity contribution in [2.75, 3.05) is 18.0 Å². The molecule has 4 nitrogen and oxygen atoms in total. The molecule has 158 valence electrons. The second kappa shape index (κ2) is 8.78. The molecule has 5 rings (SSSR count). The maximum Gasteiger partial charge on any atom is 0.276 e. The average molecular weight is 528 g/mol. The van der Waals surface area contributed by atoms with Crippen LogP contribution in [0.5, 0.6) is 5.75 Å². The number of ether oxygens (including phenoxy) is 1. The standard InChI is InChI=1S/C25H22FIN2O2/c26-19-11-13-20(14-12-19)29-21-9-6-10-22(31-17-18-7-2-1-3-8-18)23(21)27-24(29)25(30)28-15-4-5-16-28/h1-3,6-14H,4-5,15-17H2. The van der Waals surface area contributed by atoms with Crippen LogP contribution in [-0.2, 0) is 11.4 Å². The highest BCUT2D eigenvalue weighted by molar-refractivity contribution is 14.2. The number of amides is 1. The Labute approximate surface area is 191 Å². The normalized spacial score (nSPS) is 15.3. The second-order valence-corrected chi connectivity index (χ2v) is 10.2. The van der Waals surface area contributed by atoms with Crippen molar-refractivity contribution in [3.8, 4) is 5.75 Å². The van der Waals surface area contributed by atoms with Crippen LogP contribution < -0.4 is 9.64 Å². The molecular formula is C25H22FIN2O2. The van der Waals surface area contributed by atoms with Crippen molar-refractivity contribution in [1.29, 1.82) is 0 Å². The van der Waals surface area contributed by atoms with E-state index in [0.29, 0.717) is 6.61 Å². The Hall–Kier alpha value is -2.74. The van der Waals surface area contributed by atoms with Gasteiger partial charge in [-0.2, -0.15) is 0 Å². The number of rotatable bonds is 5. The molecule has 0 saturated carbocycles. The summed E-state index contributed by atoms with van der Waals surface area (Å²) in [4.78, 5) is 17.4. The summed E-state index contributed by atoms with van der Waals surface area (Å²) in [6.45, 7) is 2.08. The van der Waals surface area contributed by atoms with E-state index in [1.54, 1.807) is 12.1 Å². The van der Waals surface area contributed by atoms with Crippen LogP contribution in [0.1, 0.15) is 18.4 Å². The van der Waals surface area contributed by atoms with Crippen molar-refractivity contribution in [1.82, 2.24) is 4.90 Å². The predicted octanol–water partition coefficient (Wildman–Crippen LogP) is 5.45. The van der Waals surface area contributed by atoms with Crippen molar-refractivity contribution < 1.29 is 13.9 Å². The van der Waals surface area contributed by atoms with Gasteiger partial charge in [-0.25, -0.2) is 4.39 Å². The monoisotopic (exact) mass is 528 g/mol. The predicted molar refractivity (Wildman–Crippen MR) is 129 cm³/mol. The number of nitrogens with zero attached hydrogens (tertiary/aromatic N) is 2. The van der Waals surface area contributed by atoms with Gasteiger partial charge in [0.2, 0.25) is 0 Å². The van der Waals surface area contributed by atoms with Gasteiger partial charge in [0, 0.05) is 18.8 Å². The minimum absolute atomic E-state index is 0.0971. The van der Waals surface area contributed by atoms with E-state index >= 15 is 0 Å². The fraction of sp³-hybridized carbons (Fsp3) is 0.200. The van der Waals surface area contributed by atoms with Crippen LogP contribution in [0.3, 0.4) is 0 Å². The smallest absolute Gasteiger partial charge is 0.276 e. The summed E-state index contributed by atoms with van der Waals surface area (Å²) in [5.41, 5.74) is 2.87. The minimum Gasteiger partial charge on any atom is -0.488 e. The van der Waals surface area contributed by atoms with Gasteiger partial charge in [-0.15, -0.1) is 0 Å². The molecule has 0 unspecified atom stereocenters. The number of likely N-dealkylation sites (tertiary alicyclic amines) is 1. The summed E-state index contributed by atoms with van der Waals surface area (Å²) in [6, 6.07) is 22.4. The van der Waals surface area contributed by atoms with Gasteiger partial charge in [0.25, 0.3) is 5.91 Å². The van der Waals surface area contributed by atoms with Gasteiger partial charge in [0.15, 0.2) is 0 Å². The molecule has 6 heteroatoms. The highest BCUT2D eigenvalue weighted by atomic mass is 127. The molecule has 3 aromatic rings. The summed E-state index contributed by atoms with van der Waals surface area (Å²) >= 11 is -0.747. The fourth-order valence-electron chi connectivity index (χ4n) is 3.88. The van der Waals surface area contributed by atoms with Crippen LogP contribution >= 0.6 is 20.7 Å². The van der Waals surface area contributed by atoms with Gasteiger partial charge < -0.3 is 9.64 Å². The molecular weight excluding hydrogens is 506 g/mol. The third kappa shape index (κ3) is 4.08. The zero-order valence-electron chi connectivity index (χ0n) is 16.9. The molecule has 1 saturated heterocycles. The van der Waals surface area contributed by atoms with E-state index in [9.17, 15) is 9.18 Å². The van der Waals surface area contributed by atoms with Gasteiger partial charge >= 0.3 is 0 Å². The molecule has 0 radical (unpaired) electrons. The van der Waals surface area contributed by atoms with E-state index in [1.165, 1.54) is 12.1 Å². The number of carbonyl (C=O) groups excluding carboxylic acids is 1. The Morgan fingerprint density at radius 3 is 2.42 bits per heavy atom. The molecule has 31 heavy (non-hydrogen) atoms. The summed E-state index contributed by atoms with van der Waals surface area (Å²) in [5, 5.41) is 0. The van der Waals surface area contributed by atoms with Gasteiger partial charge in [-0.05, 0) is 75.5 Å². The van der Waals surface area contributed by atoms with E-state index in [2.05, 4.69) is 0 Å². The van der Waals surface area contributed by atoms with Gasteiger partial charge in [-0.1, -0.05) is 36.4 Å². The molecule has 0 N–H and O–H groups in total. The maximum atomic E-state index is 13.6. The third-order valence-electron chi connectivity index (χ3n) is 5.46. The number of carbonyl (C=O) groups is 1. The lowest BCUT2D eigenvalue weighted by molar-refractivity contribution is -0.122. The summed E-state index contributed by atoms with van der Waals surface area (Å²) in [5.74, 6) is 0.635. The Kier molecular flexibility index (Phi) is 5.72. The fourth-order valence-corrected chi connectivity index (χ4v) is 7.04. The van der Waals surface area contributed by atoms with Crippen molar-refractivity contribution in [3.63, 3.8) is 0 Å². The number of benzene rings is 3. The Morgan fingerprint density at radius 1 is 0.935 bits per heavy atom. The van der Waals surface area contributed by atoms with Crippen LogP contribution in [-0.4, -0.2) is 27.5 Å². The first-order valence-corrected chi connectivity index (χ1v) is 12.5. The third-order valence-corrected chi connectivity index (χ3v) is 8.53. The highest BCUT2D eigenvalue weighted by Crippen LogP contribution is 2.45. The Morgan fingerprint density at radius 2 is 1.68 bits per heavy atom. The van der Waals surface area contributed by atoms with Gasteiger partial charge in [0.1, 0.15) is 21.8 Å². The van der Waals surface area contributed by atoms with Crippen molar-refractivity contribution in [3.05, 3.63) is 87.7 Å². The first kappa shape index (κ1) is 20.2. The molecule has 0 atom stereocenters. The number of fused-ring (bicyclic) bond motifs is 1. The second-order valence-electron chi connectivity index (χ2n) is 7.56. The van der Waals surface area contributed by atoms with Crippen molar-refractivity contribution >= 4 is 41.6 Å². The zero-order chi connectivity index (χ0) is 21.2.